The number of nitriles is 1. The zero-order valence-electron chi connectivity index (χ0n) is 11.6. The molecule has 100 valence electrons. The van der Waals surface area contributed by atoms with Gasteiger partial charge in [-0.25, -0.2) is 0 Å². The number of nitrogens with zero attached hydrogens (tertiary/aromatic N) is 3. The summed E-state index contributed by atoms with van der Waals surface area (Å²) in [6.45, 7) is 4.02. The van der Waals surface area contributed by atoms with Gasteiger partial charge in [0, 0.05) is 12.4 Å². The van der Waals surface area contributed by atoms with Crippen molar-refractivity contribution in [3.63, 3.8) is 0 Å². The van der Waals surface area contributed by atoms with Gasteiger partial charge in [-0.2, -0.15) is 5.26 Å². The molecule has 2 aliphatic heterocycles. The van der Waals surface area contributed by atoms with E-state index in [1.54, 1.807) is 4.90 Å². The van der Waals surface area contributed by atoms with E-state index in [0.717, 1.165) is 22.4 Å². The zero-order chi connectivity index (χ0) is 14.3. The van der Waals surface area contributed by atoms with Crippen molar-refractivity contribution < 1.29 is 4.79 Å². The normalized spacial score (nSPS) is 20.1. The second-order valence-electron chi connectivity index (χ2n) is 5.34. The number of fused-ring (bicyclic) bond motifs is 2. The Kier molecular flexibility index (Phi) is 2.90. The zero-order valence-corrected chi connectivity index (χ0v) is 11.6. The number of benzene rings is 1. The molecule has 3 rings (SSSR count). The Labute approximate surface area is 118 Å². The molecule has 0 radical (unpaired) electrons. The molecular formula is C16H15N3O. The fourth-order valence-electron chi connectivity index (χ4n) is 2.65. The molecule has 0 aliphatic carbocycles. The van der Waals surface area contributed by atoms with Crippen molar-refractivity contribution in [1.29, 1.82) is 5.26 Å². The van der Waals surface area contributed by atoms with Gasteiger partial charge < -0.3 is 4.90 Å². The summed E-state index contributed by atoms with van der Waals surface area (Å²) in [5, 5.41) is 8.78. The van der Waals surface area contributed by atoms with Gasteiger partial charge in [-0.15, -0.1) is 0 Å². The second-order valence-corrected chi connectivity index (χ2v) is 5.34. The number of carbonyl (C=O) groups excluding carboxylic acids is 1. The summed E-state index contributed by atoms with van der Waals surface area (Å²) >= 11 is 0. The molecule has 0 saturated heterocycles. The Morgan fingerprint density at radius 3 is 2.90 bits per heavy atom. The first-order chi connectivity index (χ1) is 9.60. The average Bonchev–Trinajstić information content (AvgIpc) is 2.77. The lowest BCUT2D eigenvalue weighted by molar-refractivity contribution is 0.0818. The summed E-state index contributed by atoms with van der Waals surface area (Å²) in [4.78, 5) is 18.8. The molecule has 2 heterocycles. The second kappa shape index (κ2) is 4.61. The summed E-state index contributed by atoms with van der Waals surface area (Å²) in [5.41, 5.74) is 4.59. The van der Waals surface area contributed by atoms with Crippen molar-refractivity contribution >= 4 is 17.8 Å². The van der Waals surface area contributed by atoms with Crippen LogP contribution in [0.2, 0.25) is 0 Å². The van der Waals surface area contributed by atoms with E-state index in [1.165, 1.54) is 0 Å². The summed E-state index contributed by atoms with van der Waals surface area (Å²) in [7, 11) is 0. The molecule has 0 fully saturated rings. The molecule has 0 unspecified atom stereocenters. The molecule has 0 N–H and O–H groups in total. The monoisotopic (exact) mass is 265 g/mol. The van der Waals surface area contributed by atoms with Gasteiger partial charge in [0.05, 0.1) is 29.8 Å². The SMILES string of the molecule is Cc1cc2c(cc1C)C(=O)N1C=C(CC#N)C[C@H]1C=N2. The third-order valence-corrected chi connectivity index (χ3v) is 3.92. The number of rotatable bonds is 1. The summed E-state index contributed by atoms with van der Waals surface area (Å²) in [6.07, 6.45) is 4.70. The Morgan fingerprint density at radius 2 is 2.15 bits per heavy atom. The number of aryl methyl sites for hydroxylation is 2. The van der Waals surface area contributed by atoms with E-state index < -0.39 is 0 Å². The quantitative estimate of drug-likeness (QED) is 0.783. The van der Waals surface area contributed by atoms with Crippen LogP contribution in [-0.2, 0) is 0 Å². The fourth-order valence-corrected chi connectivity index (χ4v) is 2.65. The van der Waals surface area contributed by atoms with E-state index >= 15 is 0 Å². The molecule has 1 amide bonds. The van der Waals surface area contributed by atoms with E-state index in [2.05, 4.69) is 11.1 Å². The van der Waals surface area contributed by atoms with Crippen molar-refractivity contribution in [2.75, 3.05) is 0 Å². The van der Waals surface area contributed by atoms with Gasteiger partial charge in [0.1, 0.15) is 0 Å². The lowest BCUT2D eigenvalue weighted by atomic mass is 10.0. The van der Waals surface area contributed by atoms with Crippen LogP contribution >= 0.6 is 0 Å². The minimum absolute atomic E-state index is 0.0291. The first kappa shape index (κ1) is 12.6. The van der Waals surface area contributed by atoms with Crippen molar-refractivity contribution in [1.82, 2.24) is 4.90 Å². The maximum Gasteiger partial charge on any atom is 0.260 e. The minimum atomic E-state index is -0.0566. The molecule has 2 aliphatic rings. The highest BCUT2D eigenvalue weighted by atomic mass is 16.2. The molecule has 1 aromatic rings. The minimum Gasteiger partial charge on any atom is -0.306 e. The largest absolute Gasteiger partial charge is 0.306 e. The van der Waals surface area contributed by atoms with E-state index in [9.17, 15) is 4.79 Å². The van der Waals surface area contributed by atoms with Gasteiger partial charge in [-0.1, -0.05) is 0 Å². The number of amides is 1. The van der Waals surface area contributed by atoms with Crippen molar-refractivity contribution in [2.24, 2.45) is 4.99 Å². The van der Waals surface area contributed by atoms with Gasteiger partial charge in [-0.3, -0.25) is 9.79 Å². The van der Waals surface area contributed by atoms with Crippen LogP contribution < -0.4 is 0 Å². The van der Waals surface area contributed by atoms with Crippen molar-refractivity contribution in [3.8, 4) is 6.07 Å². The van der Waals surface area contributed by atoms with Crippen LogP contribution in [0, 0.1) is 25.2 Å². The molecule has 0 saturated carbocycles. The van der Waals surface area contributed by atoms with Gasteiger partial charge in [0.15, 0.2) is 0 Å². The molecule has 0 bridgehead atoms. The van der Waals surface area contributed by atoms with Crippen LogP contribution in [0.1, 0.15) is 34.3 Å². The van der Waals surface area contributed by atoms with Gasteiger partial charge >= 0.3 is 0 Å². The molecule has 1 aromatic carbocycles. The third kappa shape index (κ3) is 1.92. The van der Waals surface area contributed by atoms with E-state index in [4.69, 9.17) is 5.26 Å². The Balaban J connectivity index is 2.05. The smallest absolute Gasteiger partial charge is 0.260 e. The van der Waals surface area contributed by atoms with E-state index in [-0.39, 0.29) is 11.9 Å². The maximum atomic E-state index is 12.6. The van der Waals surface area contributed by atoms with Gasteiger partial charge in [0.2, 0.25) is 0 Å². The molecule has 0 aromatic heterocycles. The maximum absolute atomic E-state index is 12.6. The molecular weight excluding hydrogens is 250 g/mol. The number of hydrogen-bond donors (Lipinski definition) is 0. The fraction of sp³-hybridized carbons (Fsp3) is 0.312. The van der Waals surface area contributed by atoms with Gasteiger partial charge in [0.25, 0.3) is 5.91 Å². The molecule has 4 heteroatoms. The van der Waals surface area contributed by atoms with Crippen molar-refractivity contribution in [2.45, 2.75) is 32.7 Å². The lowest BCUT2D eigenvalue weighted by Crippen LogP contribution is -2.32. The number of hydrogen-bond acceptors (Lipinski definition) is 3. The van der Waals surface area contributed by atoms with Crippen LogP contribution in [0.3, 0.4) is 0 Å². The highest BCUT2D eigenvalue weighted by molar-refractivity contribution is 6.03. The highest BCUT2D eigenvalue weighted by Crippen LogP contribution is 2.32. The Morgan fingerprint density at radius 1 is 1.40 bits per heavy atom. The Bertz CT molecular complexity index is 694. The molecule has 0 spiro atoms. The van der Waals surface area contributed by atoms with E-state index in [1.807, 2.05) is 38.4 Å². The van der Waals surface area contributed by atoms with E-state index in [0.29, 0.717) is 18.4 Å². The standard InChI is InChI=1S/C16H15N3O/c1-10-5-14-15(6-11(10)2)18-8-13-7-12(3-4-17)9-19(13)16(14)20/h5-6,8-9,13H,3,7H2,1-2H3/t13-/m0/s1. The highest BCUT2D eigenvalue weighted by Gasteiger charge is 2.32. The third-order valence-electron chi connectivity index (χ3n) is 3.92. The molecule has 4 nitrogen and oxygen atoms in total. The predicted molar refractivity (Wildman–Crippen MR) is 77.0 cm³/mol. The van der Waals surface area contributed by atoms with Crippen LogP contribution in [-0.4, -0.2) is 23.1 Å². The predicted octanol–water partition coefficient (Wildman–Crippen LogP) is 3.03. The lowest BCUT2D eigenvalue weighted by Gasteiger charge is -2.18. The summed E-state index contributed by atoms with van der Waals surface area (Å²) in [5.74, 6) is -0.0291. The van der Waals surface area contributed by atoms with Crippen LogP contribution in [0.5, 0.6) is 0 Å². The summed E-state index contributed by atoms with van der Waals surface area (Å²) < 4.78 is 0. The topological polar surface area (TPSA) is 56.5 Å². The molecule has 1 atom stereocenters. The first-order valence-corrected chi connectivity index (χ1v) is 6.65. The first-order valence-electron chi connectivity index (χ1n) is 6.65. The van der Waals surface area contributed by atoms with Crippen LogP contribution in [0.25, 0.3) is 0 Å². The number of aliphatic imine (C=N–C) groups is 1. The van der Waals surface area contributed by atoms with Crippen LogP contribution in [0.4, 0.5) is 5.69 Å². The molecule has 20 heavy (non-hydrogen) atoms. The average molecular weight is 265 g/mol. The van der Waals surface area contributed by atoms with Gasteiger partial charge in [-0.05, 0) is 49.1 Å². The van der Waals surface area contributed by atoms with Crippen LogP contribution in [0.15, 0.2) is 28.9 Å². The Hall–Kier alpha value is -2.41. The summed E-state index contributed by atoms with van der Waals surface area (Å²) in [6, 6.07) is 5.94. The van der Waals surface area contributed by atoms with Crippen molar-refractivity contribution in [3.05, 3.63) is 40.6 Å². The number of carbonyl (C=O) groups is 1.